The van der Waals surface area contributed by atoms with Crippen LogP contribution in [0.3, 0.4) is 0 Å². The number of aromatic nitrogens is 4. The van der Waals surface area contributed by atoms with Gasteiger partial charge in [0.25, 0.3) is 0 Å². The van der Waals surface area contributed by atoms with Gasteiger partial charge in [-0.3, -0.25) is 4.79 Å². The zero-order chi connectivity index (χ0) is 31.9. The number of nitrogens with one attached hydrogen (secondary N) is 2. The Kier molecular flexibility index (Phi) is 10.0. The first-order valence-electron chi connectivity index (χ1n) is 14.3. The third kappa shape index (κ3) is 6.31. The van der Waals surface area contributed by atoms with Gasteiger partial charge in [-0.1, -0.05) is 36.4 Å². The summed E-state index contributed by atoms with van der Waals surface area (Å²) in [5.74, 6) is -1.71. The third-order valence-corrected chi connectivity index (χ3v) is 8.46. The van der Waals surface area contributed by atoms with Gasteiger partial charge in [-0.05, 0) is 75.9 Å². The average Bonchev–Trinajstić information content (AvgIpc) is 3.64. The largest absolute Gasteiger partial charge is 2.00 e. The fraction of sp³-hybridized carbons (Fsp3) is 0.257. The van der Waals surface area contributed by atoms with Crippen molar-refractivity contribution in [2.75, 3.05) is 7.11 Å². The van der Waals surface area contributed by atoms with E-state index in [-0.39, 0.29) is 43.7 Å². The Balaban J connectivity index is 0.00000288. The van der Waals surface area contributed by atoms with Gasteiger partial charge < -0.3 is 29.7 Å². The number of fused-ring (bicyclic) bond motifs is 8. The molecule has 0 amide bonds. The number of allylic oxidation sites excluding steroid dienone is 5. The number of aliphatic carboxylic acids is 1. The van der Waals surface area contributed by atoms with Crippen LogP contribution in [0.1, 0.15) is 85.7 Å². The van der Waals surface area contributed by atoms with E-state index in [2.05, 4.69) is 23.1 Å². The number of aliphatic hydroxyl groups excluding tert-OH is 1. The topological polar surface area (TPSA) is 143 Å². The second-order valence-electron chi connectivity index (χ2n) is 11.0. The Morgan fingerprint density at radius 1 is 0.911 bits per heavy atom. The van der Waals surface area contributed by atoms with E-state index in [9.17, 15) is 19.8 Å². The van der Waals surface area contributed by atoms with Crippen molar-refractivity contribution in [3.05, 3.63) is 88.5 Å². The fourth-order valence-electron chi connectivity index (χ4n) is 5.95. The summed E-state index contributed by atoms with van der Waals surface area (Å²) in [6, 6.07) is 7.62. The summed E-state index contributed by atoms with van der Waals surface area (Å²) in [5.41, 5.74) is 12.2. The molecule has 1 unspecified atom stereocenters. The zero-order valence-corrected chi connectivity index (χ0v) is 27.7. The number of aromatic amines is 2. The second kappa shape index (κ2) is 13.4. The molecule has 3 N–H and O–H groups in total. The standard InChI is InChI=1S/C35H35N4O5.Mg/c1-8-21-17(3)24-12-25-19(5)23(10-11-33(41)42)30(38-25)15-31-35(32(40)16-34(43)44-7)20(6)27(39-31)14-29-22(9-2)18(4)26(37-29)13-28(21)36-24;/h8-9,12-15,32,40H,1-2,10-11,16H2,3-7H3,(H2-,36,37,38,39,41,42);/q-1;+2/p+1. The number of H-pyrrole nitrogens is 2. The third-order valence-electron chi connectivity index (χ3n) is 8.46. The summed E-state index contributed by atoms with van der Waals surface area (Å²) < 4.78 is 4.82. The molecule has 8 bridgehead atoms. The first kappa shape index (κ1) is 33.6. The summed E-state index contributed by atoms with van der Waals surface area (Å²) in [6.07, 6.45) is 2.20. The molecular weight excluding hydrogens is 581 g/mol. The number of nitrogens with zero attached hydrogens (tertiary/aromatic N) is 2. The summed E-state index contributed by atoms with van der Waals surface area (Å²) in [7, 11) is 1.27. The van der Waals surface area contributed by atoms with E-state index < -0.39 is 18.0 Å². The van der Waals surface area contributed by atoms with Crippen LogP contribution in [-0.4, -0.2) is 47.2 Å². The second-order valence-corrected chi connectivity index (χ2v) is 11.0. The number of aliphatic hydroxyl groups is 1. The van der Waals surface area contributed by atoms with E-state index in [4.69, 9.17) is 14.7 Å². The number of esters is 1. The van der Waals surface area contributed by atoms with Crippen molar-refractivity contribution in [1.82, 2.24) is 9.97 Å². The van der Waals surface area contributed by atoms with E-state index in [1.165, 1.54) is 7.11 Å². The fourth-order valence-corrected chi connectivity index (χ4v) is 5.95. The maximum absolute atomic E-state index is 12.2. The molecular formula is C35H36MgN4O5+2. The molecule has 10 heteroatoms. The summed E-state index contributed by atoms with van der Waals surface area (Å²) in [4.78, 5) is 40.4. The number of aryl methyl sites for hydroxylation is 2. The number of carbonyl (C=O) groups is 2. The van der Waals surface area contributed by atoms with Crippen LogP contribution < -0.4 is 25.0 Å². The molecule has 5 heterocycles. The quantitative estimate of drug-likeness (QED) is 0.301. The van der Waals surface area contributed by atoms with Gasteiger partial charge in [0, 0.05) is 22.7 Å². The summed E-state index contributed by atoms with van der Waals surface area (Å²) in [6.45, 7) is 15.8. The van der Waals surface area contributed by atoms with Crippen LogP contribution in [0, 0.1) is 13.8 Å². The Labute approximate surface area is 279 Å². The Morgan fingerprint density at radius 3 is 2.13 bits per heavy atom. The van der Waals surface area contributed by atoms with Crippen LogP contribution in [0.2, 0.25) is 0 Å². The van der Waals surface area contributed by atoms with Gasteiger partial charge in [0.2, 0.25) is 22.8 Å². The molecule has 0 fully saturated rings. The van der Waals surface area contributed by atoms with Crippen LogP contribution in [0.4, 0.5) is 0 Å². The van der Waals surface area contributed by atoms with Gasteiger partial charge in [0.15, 0.2) is 0 Å². The van der Waals surface area contributed by atoms with Crippen molar-refractivity contribution in [2.24, 2.45) is 0 Å². The van der Waals surface area contributed by atoms with E-state index >= 15 is 0 Å². The van der Waals surface area contributed by atoms with Crippen molar-refractivity contribution >= 4 is 85.4 Å². The van der Waals surface area contributed by atoms with Gasteiger partial charge in [0.1, 0.15) is 0 Å². The normalized spacial score (nSPS) is 13.4. The smallest absolute Gasteiger partial charge is 0.657 e. The molecule has 0 aromatic carbocycles. The van der Waals surface area contributed by atoms with E-state index in [1.807, 2.05) is 45.9 Å². The van der Waals surface area contributed by atoms with Crippen LogP contribution >= 0.6 is 0 Å². The van der Waals surface area contributed by atoms with Gasteiger partial charge in [-0.15, -0.1) is 22.1 Å². The summed E-state index contributed by atoms with van der Waals surface area (Å²) >= 11 is 0. The maximum Gasteiger partial charge on any atom is 2.00 e. The van der Waals surface area contributed by atoms with Crippen LogP contribution in [0.15, 0.2) is 43.5 Å². The molecule has 5 rings (SSSR count). The predicted octanol–water partition coefficient (Wildman–Crippen LogP) is 3.58. The molecule has 3 aromatic rings. The van der Waals surface area contributed by atoms with Gasteiger partial charge in [-0.25, -0.2) is 9.97 Å². The number of carboxylic acid groups (broad SMARTS) is 1. The molecule has 45 heavy (non-hydrogen) atoms. The number of ether oxygens (including phenoxy) is 1. The minimum absolute atomic E-state index is 0. The first-order chi connectivity index (χ1) is 21.0. The monoisotopic (exact) mass is 616 g/mol. The van der Waals surface area contributed by atoms with E-state index in [0.29, 0.717) is 27.9 Å². The molecule has 0 aliphatic carbocycles. The molecule has 1 atom stereocenters. The summed E-state index contributed by atoms with van der Waals surface area (Å²) in [5, 5.41) is 22.7. The van der Waals surface area contributed by atoms with Crippen molar-refractivity contribution < 1.29 is 35.9 Å². The maximum atomic E-state index is 12.2. The number of methoxy groups -OCH3 is 1. The number of carboxylic acids is 1. The number of rotatable bonds is 8. The van der Waals surface area contributed by atoms with Crippen molar-refractivity contribution in [3.8, 4) is 0 Å². The van der Waals surface area contributed by atoms with Gasteiger partial charge >= 0.3 is 30.4 Å². The van der Waals surface area contributed by atoms with Crippen molar-refractivity contribution in [3.63, 3.8) is 0 Å². The number of hydrogen-bond donors (Lipinski definition) is 1. The van der Waals surface area contributed by atoms with Crippen LogP contribution in [-0.2, 0) is 14.3 Å². The van der Waals surface area contributed by atoms with Crippen LogP contribution in [0.5, 0.6) is 0 Å². The Morgan fingerprint density at radius 2 is 1.49 bits per heavy atom. The minimum atomic E-state index is -1.18. The SMILES string of the molecule is C=CC1=C(C)c2cc3[n-]c(cc4[nH+]c(cc5[n-]c(cc1[nH+]2)c(C)c5C(O)CC(=O)OC)C(CCC(=O)[O-])=C4C)c(C)c3C=C.[H+].[Mg+2]. The Bertz CT molecular complexity index is 1990. The molecule has 0 saturated heterocycles. The molecule has 0 radical (unpaired) electrons. The van der Waals surface area contributed by atoms with Gasteiger partial charge in [0.05, 0.1) is 25.2 Å². The first-order valence-corrected chi connectivity index (χ1v) is 14.3. The predicted molar refractivity (Wildman–Crippen MR) is 174 cm³/mol. The molecule has 2 aliphatic rings. The molecule has 9 nitrogen and oxygen atoms in total. The van der Waals surface area contributed by atoms with E-state index in [0.717, 1.165) is 61.5 Å². The molecule has 2 aliphatic heterocycles. The van der Waals surface area contributed by atoms with Crippen molar-refractivity contribution in [2.45, 2.75) is 53.1 Å². The number of carbonyl (C=O) groups excluding carboxylic acids is 2. The van der Waals surface area contributed by atoms with Crippen LogP contribution in [0.25, 0.3) is 50.4 Å². The molecule has 0 spiro atoms. The number of hydrogen-bond acceptors (Lipinski definition) is 5. The molecule has 3 aromatic heterocycles. The van der Waals surface area contributed by atoms with E-state index in [1.54, 1.807) is 18.2 Å². The van der Waals surface area contributed by atoms with Gasteiger partial charge in [-0.2, -0.15) is 0 Å². The average molecular weight is 617 g/mol. The zero-order valence-electron chi connectivity index (χ0n) is 27.3. The Hall–Kier alpha value is -4.25. The molecule has 0 saturated carbocycles. The van der Waals surface area contributed by atoms with Crippen molar-refractivity contribution in [1.29, 1.82) is 0 Å². The molecule has 226 valence electrons. The minimum Gasteiger partial charge on any atom is -0.657 e.